The molecule has 3 heterocycles. The summed E-state index contributed by atoms with van der Waals surface area (Å²) in [6.07, 6.45) is 6.15. The van der Waals surface area contributed by atoms with Gasteiger partial charge >= 0.3 is 10.2 Å². The van der Waals surface area contributed by atoms with Gasteiger partial charge < -0.3 is 18.9 Å². The molecule has 10 nitrogen and oxygen atoms in total. The normalized spacial score (nSPS) is 22.5. The summed E-state index contributed by atoms with van der Waals surface area (Å²) in [5.41, 5.74) is 5.58. The number of rotatable bonds is 6. The monoisotopic (exact) mass is 636 g/mol. The van der Waals surface area contributed by atoms with Crippen LogP contribution in [0.1, 0.15) is 73.4 Å². The van der Waals surface area contributed by atoms with Crippen molar-refractivity contribution in [1.29, 1.82) is 0 Å². The van der Waals surface area contributed by atoms with Gasteiger partial charge in [0.05, 0.1) is 30.9 Å². The molecular weight excluding hydrogens is 592 g/mol. The van der Waals surface area contributed by atoms with Crippen LogP contribution in [0.4, 0.5) is 0 Å². The molecule has 0 spiro atoms. The lowest BCUT2D eigenvalue weighted by molar-refractivity contribution is -0.147. The molecular formula is C34H44N4O6S. The summed E-state index contributed by atoms with van der Waals surface area (Å²) in [7, 11) is 0.444. The summed E-state index contributed by atoms with van der Waals surface area (Å²) in [6.45, 7) is 5.53. The number of hydrogen-bond acceptors (Lipinski definition) is 6. The van der Waals surface area contributed by atoms with E-state index >= 15 is 0 Å². The number of ether oxygens (including phenoxy) is 2. The summed E-state index contributed by atoms with van der Waals surface area (Å²) < 4.78 is 41.9. The Bertz CT molecular complexity index is 1720. The first-order valence-corrected chi connectivity index (χ1v) is 17.4. The van der Waals surface area contributed by atoms with Crippen molar-refractivity contribution in [1.82, 2.24) is 18.5 Å². The van der Waals surface area contributed by atoms with Crippen molar-refractivity contribution >= 4 is 32.9 Å². The predicted molar refractivity (Wildman–Crippen MR) is 174 cm³/mol. The number of methoxy groups -OCH3 is 1. The van der Waals surface area contributed by atoms with Crippen LogP contribution in [-0.4, -0.2) is 80.5 Å². The van der Waals surface area contributed by atoms with Gasteiger partial charge in [-0.15, -0.1) is 0 Å². The van der Waals surface area contributed by atoms with Crippen LogP contribution < -0.4 is 9.46 Å². The number of carbonyl (C=O) groups excluding carboxylic acids is 2. The molecule has 2 fully saturated rings. The van der Waals surface area contributed by atoms with Crippen LogP contribution >= 0.6 is 0 Å². The van der Waals surface area contributed by atoms with Crippen molar-refractivity contribution in [3.05, 3.63) is 53.1 Å². The topological polar surface area (TPSA) is 110 Å². The van der Waals surface area contributed by atoms with Gasteiger partial charge in [-0.3, -0.25) is 9.59 Å². The Morgan fingerprint density at radius 1 is 0.978 bits per heavy atom. The Morgan fingerprint density at radius 2 is 1.69 bits per heavy atom. The Hall–Kier alpha value is -3.41. The van der Waals surface area contributed by atoms with E-state index in [9.17, 15) is 18.0 Å². The van der Waals surface area contributed by atoms with Gasteiger partial charge in [0.25, 0.3) is 5.91 Å². The number of carbonyl (C=O) groups is 2. The van der Waals surface area contributed by atoms with Crippen molar-refractivity contribution < 1.29 is 27.5 Å². The highest BCUT2D eigenvalue weighted by Crippen LogP contribution is 2.47. The van der Waals surface area contributed by atoms with E-state index in [0.29, 0.717) is 32.0 Å². The molecule has 2 aromatic carbocycles. The number of morpholine rings is 1. The Balaban J connectivity index is 1.54. The van der Waals surface area contributed by atoms with Gasteiger partial charge in [0.1, 0.15) is 5.75 Å². The number of amides is 2. The molecule has 3 aliphatic rings. The third-order valence-corrected chi connectivity index (χ3v) is 11.0. The molecule has 45 heavy (non-hydrogen) atoms. The fraction of sp³-hybridized carbons (Fsp3) is 0.529. The minimum atomic E-state index is -3.97. The number of nitrogens with one attached hydrogen (secondary N) is 1. The van der Waals surface area contributed by atoms with E-state index in [4.69, 9.17) is 9.47 Å². The molecule has 1 aromatic heterocycles. The fourth-order valence-corrected chi connectivity index (χ4v) is 8.03. The lowest BCUT2D eigenvalue weighted by Crippen LogP contribution is -2.50. The largest absolute Gasteiger partial charge is 0.497 e. The fourth-order valence-electron chi connectivity index (χ4n) is 7.50. The Kier molecular flexibility index (Phi) is 8.71. The molecule has 1 unspecified atom stereocenters. The minimum absolute atomic E-state index is 0.0451. The van der Waals surface area contributed by atoms with Gasteiger partial charge in [-0.1, -0.05) is 25.3 Å². The lowest BCUT2D eigenvalue weighted by Gasteiger charge is -2.37. The second-order valence-corrected chi connectivity index (χ2v) is 15.0. The molecule has 11 heteroatoms. The molecule has 2 amide bonds. The molecule has 2 aliphatic heterocycles. The minimum Gasteiger partial charge on any atom is -0.497 e. The maximum absolute atomic E-state index is 14.3. The van der Waals surface area contributed by atoms with Crippen molar-refractivity contribution in [2.45, 2.75) is 77.0 Å². The average Bonchev–Trinajstić information content (AvgIpc) is 3.22. The predicted octanol–water partition coefficient (Wildman–Crippen LogP) is 4.71. The van der Waals surface area contributed by atoms with Crippen LogP contribution in [0.3, 0.4) is 0 Å². The van der Waals surface area contributed by atoms with E-state index < -0.39 is 16.1 Å². The summed E-state index contributed by atoms with van der Waals surface area (Å²) >= 11 is 0. The molecule has 1 aliphatic carbocycles. The summed E-state index contributed by atoms with van der Waals surface area (Å²) in [5.74, 6) is 0.137. The molecule has 242 valence electrons. The van der Waals surface area contributed by atoms with Crippen molar-refractivity contribution in [2.24, 2.45) is 5.92 Å². The number of aromatic nitrogens is 1. The lowest BCUT2D eigenvalue weighted by atomic mass is 9.81. The summed E-state index contributed by atoms with van der Waals surface area (Å²) in [4.78, 5) is 29.5. The summed E-state index contributed by atoms with van der Waals surface area (Å²) in [6, 6.07) is 11.6. The molecule has 3 atom stereocenters. The first-order chi connectivity index (χ1) is 21.5. The average molecular weight is 637 g/mol. The van der Waals surface area contributed by atoms with Gasteiger partial charge in [-0.2, -0.15) is 12.7 Å². The van der Waals surface area contributed by atoms with E-state index in [1.54, 1.807) is 19.2 Å². The van der Waals surface area contributed by atoms with E-state index in [-0.39, 0.29) is 29.6 Å². The van der Waals surface area contributed by atoms with Gasteiger partial charge in [0.15, 0.2) is 0 Å². The quantitative estimate of drug-likeness (QED) is 0.420. The highest BCUT2D eigenvalue weighted by molar-refractivity contribution is 7.87. The van der Waals surface area contributed by atoms with Gasteiger partial charge in [0.2, 0.25) is 5.91 Å². The number of fused-ring (bicyclic) bond motifs is 5. The zero-order chi connectivity index (χ0) is 32.0. The molecule has 1 saturated carbocycles. The van der Waals surface area contributed by atoms with Crippen LogP contribution in [0, 0.1) is 5.92 Å². The van der Waals surface area contributed by atoms with Crippen LogP contribution in [0.25, 0.3) is 22.2 Å². The van der Waals surface area contributed by atoms with Crippen LogP contribution in [0.2, 0.25) is 0 Å². The van der Waals surface area contributed by atoms with Gasteiger partial charge in [0, 0.05) is 55.8 Å². The van der Waals surface area contributed by atoms with Crippen molar-refractivity contribution in [3.63, 3.8) is 0 Å². The van der Waals surface area contributed by atoms with Gasteiger partial charge in [-0.25, -0.2) is 4.72 Å². The standard InChI is InChI=1S/C34H44N4O6S/c1-21-18-37(19-22(2)44-21)34(40)26-15-25-16-27(43-5)12-14-28(25)32-31(23-9-7-6-8-10-23)29-13-11-24(17-30(29)38(32)20-26)33(39)35-45(41,42)36(3)4/h11-14,16-17,21-23,26H,6-10,15,18-20H2,1-5H3,(H,35,39)/t21-,22+,26?. The second kappa shape index (κ2) is 12.4. The number of nitrogens with zero attached hydrogens (tertiary/aromatic N) is 3. The van der Waals surface area contributed by atoms with Gasteiger partial charge in [-0.05, 0) is 80.5 Å². The summed E-state index contributed by atoms with van der Waals surface area (Å²) in [5, 5.41) is 1.05. The zero-order valence-corrected chi connectivity index (χ0v) is 27.7. The maximum atomic E-state index is 14.3. The molecule has 1 N–H and O–H groups in total. The number of hydrogen-bond donors (Lipinski definition) is 1. The van der Waals surface area contributed by atoms with E-state index in [1.807, 2.05) is 30.9 Å². The van der Waals surface area contributed by atoms with Crippen molar-refractivity contribution in [3.8, 4) is 17.0 Å². The highest BCUT2D eigenvalue weighted by Gasteiger charge is 2.36. The molecule has 0 radical (unpaired) electrons. The van der Waals surface area contributed by atoms with Crippen LogP contribution in [-0.2, 0) is 32.7 Å². The maximum Gasteiger partial charge on any atom is 0.303 e. The highest BCUT2D eigenvalue weighted by atomic mass is 32.2. The smallest absolute Gasteiger partial charge is 0.303 e. The first kappa shape index (κ1) is 31.6. The SMILES string of the molecule is COc1ccc2c(c1)CC(C(=O)N1C[C@@H](C)O[C@@H](C)C1)Cn1c-2c(C2CCCCC2)c2ccc(C(=O)NS(=O)(=O)N(C)C)cc21. The molecule has 0 bridgehead atoms. The van der Waals surface area contributed by atoms with E-state index in [1.165, 1.54) is 26.1 Å². The molecule has 3 aromatic rings. The number of benzene rings is 2. The second-order valence-electron chi connectivity index (χ2n) is 13.1. The zero-order valence-electron chi connectivity index (χ0n) is 26.8. The molecule has 1 saturated heterocycles. The first-order valence-electron chi connectivity index (χ1n) is 16.0. The van der Waals surface area contributed by atoms with Crippen molar-refractivity contribution in [2.75, 3.05) is 34.3 Å². The van der Waals surface area contributed by atoms with Crippen LogP contribution in [0.15, 0.2) is 36.4 Å². The molecule has 6 rings (SSSR count). The third kappa shape index (κ3) is 6.09. The van der Waals surface area contributed by atoms with Crippen LogP contribution in [0.5, 0.6) is 5.75 Å². The Labute approximate surface area is 265 Å². The Morgan fingerprint density at radius 3 is 2.36 bits per heavy atom. The van der Waals surface area contributed by atoms with E-state index in [2.05, 4.69) is 21.4 Å². The van der Waals surface area contributed by atoms with E-state index in [0.717, 1.165) is 63.5 Å². The third-order valence-electron chi connectivity index (χ3n) is 9.60.